The number of amides is 2. The van der Waals surface area contributed by atoms with Crippen molar-refractivity contribution in [3.63, 3.8) is 0 Å². The first kappa shape index (κ1) is 44.7. The van der Waals surface area contributed by atoms with Gasteiger partial charge in [-0.3, -0.25) is 9.59 Å². The molecule has 8 rings (SSSR count). The number of ether oxygens (including phenoxy) is 1. The summed E-state index contributed by atoms with van der Waals surface area (Å²) in [5.41, 5.74) is 5.09. The second kappa shape index (κ2) is 21.1. The fraction of sp³-hybridized carbons (Fsp3) is 0.0714. The van der Waals surface area contributed by atoms with Gasteiger partial charge >= 0.3 is 9.15 Å². The van der Waals surface area contributed by atoms with E-state index in [0.717, 1.165) is 38.7 Å². The van der Waals surface area contributed by atoms with Crippen LogP contribution in [0.1, 0.15) is 42.6 Å². The maximum atomic E-state index is 12.2. The lowest BCUT2D eigenvalue weighted by molar-refractivity contribution is 0.0691. The third-order valence-electron chi connectivity index (χ3n) is 8.48. The van der Waals surface area contributed by atoms with E-state index in [9.17, 15) is 29.7 Å². The number of carboxylic acid groups (broad SMARTS) is 1. The third-order valence-corrected chi connectivity index (χ3v) is 8.48. The highest BCUT2D eigenvalue weighted by Crippen LogP contribution is 2.23. The lowest BCUT2D eigenvalue weighted by Gasteiger charge is -2.06. The number of phenolic OH excluding ortho intramolecular Hbond substituents is 4. The van der Waals surface area contributed by atoms with Crippen molar-refractivity contribution in [3.05, 3.63) is 150 Å². The number of rotatable bonds is 8. The lowest BCUT2D eigenvalue weighted by atomic mass is 10.2. The van der Waals surface area contributed by atoms with Crippen LogP contribution >= 0.6 is 47.3 Å². The average Bonchev–Trinajstić information content (AvgIpc) is 3.96. The van der Waals surface area contributed by atoms with Gasteiger partial charge in [-0.25, -0.2) is 4.79 Å². The number of hydrogen-bond acceptors (Lipinski definition) is 8. The number of phenols is 4. The van der Waals surface area contributed by atoms with Crippen LogP contribution in [-0.4, -0.2) is 68.6 Å². The Kier molecular flexibility index (Phi) is 15.7. The Labute approximate surface area is 367 Å². The van der Waals surface area contributed by atoms with Crippen LogP contribution < -0.4 is 15.4 Å². The van der Waals surface area contributed by atoms with Crippen LogP contribution in [-0.2, 0) is 13.1 Å². The molecule has 0 spiro atoms. The highest BCUT2D eigenvalue weighted by atomic mass is 79.9. The summed E-state index contributed by atoms with van der Waals surface area (Å²) < 4.78 is 5.43. The van der Waals surface area contributed by atoms with Crippen molar-refractivity contribution in [2.24, 2.45) is 0 Å². The van der Waals surface area contributed by atoms with Crippen molar-refractivity contribution in [3.8, 4) is 28.7 Å². The molecule has 0 saturated carbocycles. The summed E-state index contributed by atoms with van der Waals surface area (Å²) in [6, 6.07) is 33.6. The Bertz CT molecular complexity index is 2750. The molecule has 0 aliphatic heterocycles. The van der Waals surface area contributed by atoms with Crippen molar-refractivity contribution in [2.45, 2.75) is 13.1 Å². The molecule has 3 heterocycles. The summed E-state index contributed by atoms with van der Waals surface area (Å²) in [4.78, 5) is 43.6. The van der Waals surface area contributed by atoms with Gasteiger partial charge in [0.05, 0.1) is 7.11 Å². The molecule has 0 fully saturated rings. The average molecular weight is 1010 g/mol. The van der Waals surface area contributed by atoms with Crippen molar-refractivity contribution in [1.82, 2.24) is 25.6 Å². The zero-order chi connectivity index (χ0) is 43.3. The molecule has 0 saturated heterocycles. The number of halogens is 3. The molecule has 10 N–H and O–H groups in total. The fourth-order valence-electron chi connectivity index (χ4n) is 5.72. The summed E-state index contributed by atoms with van der Waals surface area (Å²) in [5, 5.41) is 53.9. The summed E-state index contributed by atoms with van der Waals surface area (Å²) in [6.07, 6.45) is 0. The smallest absolute Gasteiger partial charge is 0.369 e. The van der Waals surface area contributed by atoms with E-state index in [1.807, 2.05) is 30.3 Å². The van der Waals surface area contributed by atoms with Crippen LogP contribution in [0.3, 0.4) is 0 Å². The summed E-state index contributed by atoms with van der Waals surface area (Å²) in [6.45, 7) is 0.741. The number of aromatic nitrogens is 3. The highest BCUT2D eigenvalue weighted by molar-refractivity contribution is 9.69. The van der Waals surface area contributed by atoms with Gasteiger partial charge in [0.25, 0.3) is 11.8 Å². The molecule has 0 radical (unpaired) electrons. The molecule has 2 amide bonds. The second-order valence-corrected chi connectivity index (χ2v) is 19.2. The minimum Gasteiger partial charge on any atom is -0.508 e. The molecule has 60 heavy (non-hydrogen) atoms. The van der Waals surface area contributed by atoms with E-state index in [0.29, 0.717) is 35.4 Å². The largest absolute Gasteiger partial charge is 0.508 e. The van der Waals surface area contributed by atoms with Crippen LogP contribution in [0.15, 0.2) is 121 Å². The maximum Gasteiger partial charge on any atom is 0.369 e. The van der Waals surface area contributed by atoms with Gasteiger partial charge in [-0.2, -0.15) is 0 Å². The van der Waals surface area contributed by atoms with E-state index in [1.165, 1.54) is 18.2 Å². The predicted octanol–water partition coefficient (Wildman–Crippen LogP) is 9.05. The number of aromatic amines is 3. The molecule has 0 aliphatic carbocycles. The van der Waals surface area contributed by atoms with Gasteiger partial charge in [-0.1, -0.05) is 24.3 Å². The van der Waals surface area contributed by atoms with E-state index < -0.39 is 5.97 Å². The normalized spacial score (nSPS) is 10.3. The number of carbonyl (C=O) groups excluding carboxylic acids is 2. The van der Waals surface area contributed by atoms with E-state index in [1.54, 1.807) is 79.9 Å². The molecule has 5 aromatic carbocycles. The van der Waals surface area contributed by atoms with Gasteiger partial charge in [0, 0.05) is 45.8 Å². The van der Waals surface area contributed by atoms with Crippen LogP contribution in [0.2, 0.25) is 0 Å². The molecule has 0 bridgehead atoms. The lowest BCUT2D eigenvalue weighted by Crippen LogP contribution is -2.23. The molecule has 8 aromatic rings. The third kappa shape index (κ3) is 13.1. The Hall–Kier alpha value is -6.37. The molecule has 18 heteroatoms. The Morgan fingerprint density at radius 1 is 0.550 bits per heavy atom. The van der Waals surface area contributed by atoms with Crippen molar-refractivity contribution in [1.29, 1.82) is 0 Å². The Morgan fingerprint density at radius 2 is 0.933 bits per heavy atom. The second-order valence-electron chi connectivity index (χ2n) is 12.8. The standard InChI is InChI=1S/C17H16N2O3.C16H14N2O3.C9H7NO3.BBr3/c1-22-14-4-2-3-11(7-14)10-18-17(21)16-9-12-8-13(20)5-6-15(12)19-16;19-12-3-1-2-10(6-12)9-17-16(21)15-8-11-7-13(20)4-5-14(11)18-15;11-6-1-2-7-5(3-6)4-8(10-7)9(12)13;2-1(3)4/h2-9,19-20H,10H2,1H3,(H,18,21);1-8,18-20H,9H2,(H,17,21);1-4,10-11H,(H,12,13);. The molecule has 308 valence electrons. The highest BCUT2D eigenvalue weighted by Gasteiger charge is 2.12. The minimum absolute atomic E-state index is 0.126. The Morgan fingerprint density at radius 3 is 1.35 bits per heavy atom. The molecular formula is C42H37BBr3N5O9. The predicted molar refractivity (Wildman–Crippen MR) is 243 cm³/mol. The fourth-order valence-corrected chi connectivity index (χ4v) is 5.72. The van der Waals surface area contributed by atoms with Gasteiger partial charge in [-0.15, -0.1) is 47.3 Å². The zero-order valence-electron chi connectivity index (χ0n) is 31.5. The number of carboxylic acids is 1. The molecule has 0 unspecified atom stereocenters. The summed E-state index contributed by atoms with van der Waals surface area (Å²) >= 11 is 9.31. The first-order chi connectivity index (χ1) is 28.7. The van der Waals surface area contributed by atoms with Crippen LogP contribution in [0.5, 0.6) is 28.7 Å². The number of benzene rings is 5. The Balaban J connectivity index is 0.000000168. The number of hydrogen-bond donors (Lipinski definition) is 10. The number of aromatic hydroxyl groups is 4. The number of nitrogens with one attached hydrogen (secondary N) is 5. The van der Waals surface area contributed by atoms with Crippen LogP contribution in [0.25, 0.3) is 32.7 Å². The van der Waals surface area contributed by atoms with E-state index in [2.05, 4.69) is 72.9 Å². The van der Waals surface area contributed by atoms with Gasteiger partial charge in [0.2, 0.25) is 0 Å². The SMILES string of the molecule is BrB(Br)Br.COc1cccc(CNC(=O)c2cc3cc(O)ccc3[nH]2)c1.O=C(NCc1cccc(O)c1)c1cc2cc(O)ccc2[nH]1.O=C(O)c1cc2cc(O)ccc2[nH]1. The van der Waals surface area contributed by atoms with Crippen LogP contribution in [0, 0.1) is 0 Å². The number of H-pyrrole nitrogens is 3. The van der Waals surface area contributed by atoms with Crippen molar-refractivity contribution in [2.75, 3.05) is 7.11 Å². The zero-order valence-corrected chi connectivity index (χ0v) is 36.3. The first-order valence-corrected chi connectivity index (χ1v) is 20.5. The molecule has 3 aromatic heterocycles. The first-order valence-electron chi connectivity index (χ1n) is 17.8. The number of fused-ring (bicyclic) bond motifs is 3. The van der Waals surface area contributed by atoms with E-state index in [-0.39, 0.29) is 43.7 Å². The monoisotopic (exact) mass is 1000 g/mol. The maximum absolute atomic E-state index is 12.2. The molecular weight excluding hydrogens is 969 g/mol. The van der Waals surface area contributed by atoms with Crippen molar-refractivity contribution >= 4 is 101 Å². The number of aromatic carboxylic acids is 1. The topological polar surface area (TPSA) is 233 Å². The number of methoxy groups -OCH3 is 1. The summed E-state index contributed by atoms with van der Waals surface area (Å²) in [5.74, 6) is -0.0506. The van der Waals surface area contributed by atoms with E-state index >= 15 is 0 Å². The number of carbonyl (C=O) groups is 3. The molecule has 0 atom stereocenters. The van der Waals surface area contributed by atoms with Gasteiger partial charge in [0.15, 0.2) is 0 Å². The van der Waals surface area contributed by atoms with Crippen LogP contribution in [0.4, 0.5) is 0 Å². The quantitative estimate of drug-likeness (QED) is 0.0654. The van der Waals surface area contributed by atoms with Gasteiger partial charge < -0.3 is 55.9 Å². The van der Waals surface area contributed by atoms with E-state index in [4.69, 9.17) is 14.9 Å². The minimum atomic E-state index is -1.00. The molecule has 0 aliphatic rings. The van der Waals surface area contributed by atoms with Gasteiger partial charge in [-0.05, 0) is 108 Å². The van der Waals surface area contributed by atoms with Gasteiger partial charge in [0.1, 0.15) is 45.8 Å². The molecule has 14 nitrogen and oxygen atoms in total. The summed E-state index contributed by atoms with van der Waals surface area (Å²) in [7, 11) is 1.61. The van der Waals surface area contributed by atoms with Crippen molar-refractivity contribution < 1.29 is 44.7 Å².